The van der Waals surface area contributed by atoms with Crippen molar-refractivity contribution in [1.29, 1.82) is 0 Å². The largest absolute Gasteiger partial charge is 0.313 e. The highest BCUT2D eigenvalue weighted by Crippen LogP contribution is 2.27. The summed E-state index contributed by atoms with van der Waals surface area (Å²) in [5.74, 6) is 0. The van der Waals surface area contributed by atoms with Crippen molar-refractivity contribution in [3.05, 3.63) is 59.1 Å². The minimum Gasteiger partial charge on any atom is -0.313 e. The standard InChI is InChI=1S/C15H16ClN/c1-2-17-11-12-6-5-7-13(10-12)14-8-3-4-9-15(14)16/h3-10,17H,2,11H2,1H3. The molecule has 0 aliphatic heterocycles. The van der Waals surface area contributed by atoms with Gasteiger partial charge in [-0.25, -0.2) is 0 Å². The minimum atomic E-state index is 0.799. The van der Waals surface area contributed by atoms with Crippen LogP contribution in [0.15, 0.2) is 48.5 Å². The lowest BCUT2D eigenvalue weighted by Gasteiger charge is -2.07. The van der Waals surface area contributed by atoms with Crippen LogP contribution in [0.3, 0.4) is 0 Å². The quantitative estimate of drug-likeness (QED) is 0.855. The lowest BCUT2D eigenvalue weighted by molar-refractivity contribution is 0.727. The number of rotatable bonds is 4. The molecule has 0 aromatic heterocycles. The van der Waals surface area contributed by atoms with Gasteiger partial charge >= 0.3 is 0 Å². The number of benzene rings is 2. The number of hydrogen-bond donors (Lipinski definition) is 1. The molecule has 0 spiro atoms. The highest BCUT2D eigenvalue weighted by atomic mass is 35.5. The molecule has 0 radical (unpaired) electrons. The summed E-state index contributed by atoms with van der Waals surface area (Å²) in [4.78, 5) is 0. The minimum absolute atomic E-state index is 0.799. The van der Waals surface area contributed by atoms with E-state index in [1.54, 1.807) is 0 Å². The Labute approximate surface area is 107 Å². The van der Waals surface area contributed by atoms with E-state index in [0.717, 1.165) is 23.7 Å². The van der Waals surface area contributed by atoms with Gasteiger partial charge in [0.1, 0.15) is 0 Å². The van der Waals surface area contributed by atoms with Crippen LogP contribution >= 0.6 is 11.6 Å². The molecule has 2 aromatic carbocycles. The van der Waals surface area contributed by atoms with Gasteiger partial charge in [-0.05, 0) is 29.8 Å². The molecule has 0 aliphatic rings. The van der Waals surface area contributed by atoms with Crippen molar-refractivity contribution in [2.75, 3.05) is 6.54 Å². The van der Waals surface area contributed by atoms with Gasteiger partial charge < -0.3 is 5.32 Å². The molecule has 0 unspecified atom stereocenters. The van der Waals surface area contributed by atoms with E-state index in [0.29, 0.717) is 0 Å². The van der Waals surface area contributed by atoms with Crippen molar-refractivity contribution in [3.8, 4) is 11.1 Å². The van der Waals surface area contributed by atoms with Crippen LogP contribution in [0.5, 0.6) is 0 Å². The van der Waals surface area contributed by atoms with E-state index in [4.69, 9.17) is 11.6 Å². The Balaban J connectivity index is 2.30. The fraction of sp³-hybridized carbons (Fsp3) is 0.200. The molecule has 2 aromatic rings. The van der Waals surface area contributed by atoms with E-state index in [1.807, 2.05) is 18.2 Å². The molecule has 0 atom stereocenters. The summed E-state index contributed by atoms with van der Waals surface area (Å²) in [5, 5.41) is 4.12. The molecule has 2 heteroatoms. The molecule has 88 valence electrons. The van der Waals surface area contributed by atoms with Gasteiger partial charge in [0.15, 0.2) is 0 Å². The Morgan fingerprint density at radius 1 is 1.06 bits per heavy atom. The van der Waals surface area contributed by atoms with Gasteiger partial charge in [-0.15, -0.1) is 0 Å². The Morgan fingerprint density at radius 3 is 2.65 bits per heavy atom. The van der Waals surface area contributed by atoms with Gasteiger partial charge in [-0.2, -0.15) is 0 Å². The monoisotopic (exact) mass is 245 g/mol. The van der Waals surface area contributed by atoms with Crippen LogP contribution in [0.1, 0.15) is 12.5 Å². The van der Waals surface area contributed by atoms with E-state index >= 15 is 0 Å². The summed E-state index contributed by atoms with van der Waals surface area (Å²) >= 11 is 6.20. The molecule has 0 aliphatic carbocycles. The smallest absolute Gasteiger partial charge is 0.0484 e. The Kier molecular flexibility index (Phi) is 4.18. The van der Waals surface area contributed by atoms with Crippen molar-refractivity contribution < 1.29 is 0 Å². The van der Waals surface area contributed by atoms with Gasteiger partial charge in [0, 0.05) is 17.1 Å². The van der Waals surface area contributed by atoms with Crippen molar-refractivity contribution >= 4 is 11.6 Å². The van der Waals surface area contributed by atoms with Crippen LogP contribution in [0.2, 0.25) is 5.02 Å². The topological polar surface area (TPSA) is 12.0 Å². The van der Waals surface area contributed by atoms with E-state index in [-0.39, 0.29) is 0 Å². The van der Waals surface area contributed by atoms with Gasteiger partial charge in [0.25, 0.3) is 0 Å². The van der Waals surface area contributed by atoms with Crippen LogP contribution in [-0.4, -0.2) is 6.54 Å². The summed E-state index contributed by atoms with van der Waals surface area (Å²) in [6.07, 6.45) is 0. The molecular formula is C15H16ClN. The number of nitrogens with one attached hydrogen (secondary N) is 1. The maximum atomic E-state index is 6.20. The zero-order valence-electron chi connectivity index (χ0n) is 9.91. The summed E-state index contributed by atoms with van der Waals surface area (Å²) in [6.45, 7) is 3.99. The second kappa shape index (κ2) is 5.85. The third-order valence-electron chi connectivity index (χ3n) is 2.69. The SMILES string of the molecule is CCNCc1cccc(-c2ccccc2Cl)c1. The fourth-order valence-corrected chi connectivity index (χ4v) is 2.06. The summed E-state index contributed by atoms with van der Waals surface area (Å²) in [5.41, 5.74) is 3.54. The molecular weight excluding hydrogens is 230 g/mol. The molecule has 0 amide bonds. The third kappa shape index (κ3) is 3.09. The molecule has 17 heavy (non-hydrogen) atoms. The van der Waals surface area contributed by atoms with Crippen molar-refractivity contribution in [2.45, 2.75) is 13.5 Å². The lowest BCUT2D eigenvalue weighted by atomic mass is 10.0. The highest BCUT2D eigenvalue weighted by molar-refractivity contribution is 6.33. The first-order valence-electron chi connectivity index (χ1n) is 5.86. The normalized spacial score (nSPS) is 10.5. The predicted molar refractivity (Wildman–Crippen MR) is 74.3 cm³/mol. The molecule has 0 saturated carbocycles. The average Bonchev–Trinajstić information content (AvgIpc) is 2.37. The van der Waals surface area contributed by atoms with Crippen LogP contribution in [-0.2, 0) is 6.54 Å². The number of hydrogen-bond acceptors (Lipinski definition) is 1. The third-order valence-corrected chi connectivity index (χ3v) is 3.02. The van der Waals surface area contributed by atoms with Gasteiger partial charge in [-0.3, -0.25) is 0 Å². The van der Waals surface area contributed by atoms with E-state index in [1.165, 1.54) is 11.1 Å². The zero-order valence-corrected chi connectivity index (χ0v) is 10.7. The summed E-state index contributed by atoms with van der Waals surface area (Å²) < 4.78 is 0. The molecule has 1 N–H and O–H groups in total. The summed E-state index contributed by atoms with van der Waals surface area (Å²) in [7, 11) is 0. The van der Waals surface area contributed by atoms with E-state index in [2.05, 4.69) is 42.6 Å². The molecule has 0 bridgehead atoms. The molecule has 2 rings (SSSR count). The zero-order chi connectivity index (χ0) is 12.1. The van der Waals surface area contributed by atoms with Crippen LogP contribution < -0.4 is 5.32 Å². The second-order valence-corrected chi connectivity index (χ2v) is 4.37. The average molecular weight is 246 g/mol. The van der Waals surface area contributed by atoms with Gasteiger partial charge in [0.2, 0.25) is 0 Å². The Morgan fingerprint density at radius 2 is 1.88 bits per heavy atom. The van der Waals surface area contributed by atoms with E-state index < -0.39 is 0 Å². The maximum absolute atomic E-state index is 6.20. The molecule has 0 fully saturated rings. The second-order valence-electron chi connectivity index (χ2n) is 3.96. The molecule has 0 saturated heterocycles. The van der Waals surface area contributed by atoms with Crippen LogP contribution in [0, 0.1) is 0 Å². The van der Waals surface area contributed by atoms with Gasteiger partial charge in [0.05, 0.1) is 0 Å². The maximum Gasteiger partial charge on any atom is 0.0484 e. The van der Waals surface area contributed by atoms with Gasteiger partial charge in [-0.1, -0.05) is 54.9 Å². The molecule has 0 heterocycles. The first kappa shape index (κ1) is 12.2. The lowest BCUT2D eigenvalue weighted by Crippen LogP contribution is -2.11. The number of halogens is 1. The van der Waals surface area contributed by atoms with Crippen molar-refractivity contribution in [3.63, 3.8) is 0 Å². The fourth-order valence-electron chi connectivity index (χ4n) is 1.81. The first-order valence-corrected chi connectivity index (χ1v) is 6.23. The summed E-state index contributed by atoms with van der Waals surface area (Å²) in [6, 6.07) is 16.4. The van der Waals surface area contributed by atoms with Crippen LogP contribution in [0.4, 0.5) is 0 Å². The van der Waals surface area contributed by atoms with Crippen molar-refractivity contribution in [2.24, 2.45) is 0 Å². The van der Waals surface area contributed by atoms with E-state index in [9.17, 15) is 0 Å². The Bertz CT molecular complexity index is 494. The van der Waals surface area contributed by atoms with Crippen molar-refractivity contribution in [1.82, 2.24) is 5.32 Å². The highest BCUT2D eigenvalue weighted by Gasteiger charge is 2.02. The predicted octanol–water partition coefficient (Wildman–Crippen LogP) is 4.12. The van der Waals surface area contributed by atoms with Crippen LogP contribution in [0.25, 0.3) is 11.1 Å². The molecule has 1 nitrogen and oxygen atoms in total. The Hall–Kier alpha value is -1.31. The first-order chi connectivity index (χ1) is 8.31.